The maximum Gasteiger partial charge on any atom is 0.308 e. The first kappa shape index (κ1) is 14.1. The van der Waals surface area contributed by atoms with Crippen molar-refractivity contribution in [3.8, 4) is 0 Å². The Balaban J connectivity index is 2.25. The zero-order valence-corrected chi connectivity index (χ0v) is 11.9. The van der Waals surface area contributed by atoms with Gasteiger partial charge in [0.1, 0.15) is 5.82 Å². The molecule has 1 saturated carbocycles. The van der Waals surface area contributed by atoms with E-state index in [9.17, 15) is 9.90 Å². The monoisotopic (exact) mass is 264 g/mol. The highest BCUT2D eigenvalue weighted by Crippen LogP contribution is 2.39. The molecule has 0 aliphatic heterocycles. The van der Waals surface area contributed by atoms with Gasteiger partial charge >= 0.3 is 5.97 Å². The second kappa shape index (κ2) is 6.22. The van der Waals surface area contributed by atoms with E-state index in [0.717, 1.165) is 44.3 Å². The lowest BCUT2D eigenvalue weighted by Gasteiger charge is -2.35. The molecule has 0 saturated heterocycles. The fourth-order valence-corrected chi connectivity index (χ4v) is 3.26. The second-order valence-electron chi connectivity index (χ2n) is 5.60. The molecule has 0 aromatic carbocycles. The van der Waals surface area contributed by atoms with Gasteiger partial charge in [-0.2, -0.15) is 0 Å². The molecular formula is C15H24N2O2. The molecule has 3 unspecified atom stereocenters. The van der Waals surface area contributed by atoms with Gasteiger partial charge in [-0.05, 0) is 31.6 Å². The van der Waals surface area contributed by atoms with Crippen LogP contribution < -0.4 is 0 Å². The smallest absolute Gasteiger partial charge is 0.308 e. The SMILES string of the molecule is CCCc1nccn1C1CC(CC)CCC1C(=O)O. The van der Waals surface area contributed by atoms with Gasteiger partial charge in [-0.3, -0.25) is 4.79 Å². The van der Waals surface area contributed by atoms with Crippen molar-refractivity contribution in [3.05, 3.63) is 18.2 Å². The Morgan fingerprint density at radius 1 is 1.47 bits per heavy atom. The summed E-state index contributed by atoms with van der Waals surface area (Å²) < 4.78 is 2.13. The predicted molar refractivity (Wildman–Crippen MR) is 74.0 cm³/mol. The molecule has 1 fully saturated rings. The van der Waals surface area contributed by atoms with Crippen LogP contribution in [0.2, 0.25) is 0 Å². The molecule has 0 radical (unpaired) electrons. The number of hydrogen-bond donors (Lipinski definition) is 1. The summed E-state index contributed by atoms with van der Waals surface area (Å²) >= 11 is 0. The van der Waals surface area contributed by atoms with Gasteiger partial charge in [-0.1, -0.05) is 20.3 Å². The van der Waals surface area contributed by atoms with Gasteiger partial charge in [0, 0.05) is 24.9 Å². The molecule has 1 heterocycles. The Kier molecular flexibility index (Phi) is 4.61. The summed E-state index contributed by atoms with van der Waals surface area (Å²) in [5, 5.41) is 9.45. The molecule has 4 heteroatoms. The van der Waals surface area contributed by atoms with Crippen LogP contribution in [0.3, 0.4) is 0 Å². The number of hydrogen-bond acceptors (Lipinski definition) is 2. The summed E-state index contributed by atoms with van der Waals surface area (Å²) in [4.78, 5) is 15.9. The number of rotatable bonds is 5. The third kappa shape index (κ3) is 2.99. The highest BCUT2D eigenvalue weighted by molar-refractivity contribution is 5.70. The Labute approximate surface area is 114 Å². The number of nitrogens with zero attached hydrogens (tertiary/aromatic N) is 2. The Morgan fingerprint density at radius 2 is 2.26 bits per heavy atom. The molecule has 106 valence electrons. The van der Waals surface area contributed by atoms with E-state index in [1.54, 1.807) is 6.20 Å². The van der Waals surface area contributed by atoms with E-state index < -0.39 is 5.97 Å². The maximum atomic E-state index is 11.5. The number of imidazole rings is 1. The van der Waals surface area contributed by atoms with Crippen molar-refractivity contribution in [2.24, 2.45) is 11.8 Å². The summed E-state index contributed by atoms with van der Waals surface area (Å²) in [6.45, 7) is 4.33. The lowest BCUT2D eigenvalue weighted by Crippen LogP contribution is -2.33. The number of aromatic nitrogens is 2. The van der Waals surface area contributed by atoms with Crippen molar-refractivity contribution < 1.29 is 9.90 Å². The molecule has 1 aliphatic rings. The van der Waals surface area contributed by atoms with E-state index in [2.05, 4.69) is 23.4 Å². The highest BCUT2D eigenvalue weighted by atomic mass is 16.4. The molecule has 0 amide bonds. The van der Waals surface area contributed by atoms with Crippen LogP contribution in [0.15, 0.2) is 12.4 Å². The Morgan fingerprint density at radius 3 is 2.89 bits per heavy atom. The third-order valence-electron chi connectivity index (χ3n) is 4.40. The summed E-state index contributed by atoms with van der Waals surface area (Å²) in [6, 6.07) is 0.0836. The van der Waals surface area contributed by atoms with Crippen LogP contribution in [0, 0.1) is 11.8 Å². The standard InChI is InChI=1S/C15H24N2O2/c1-3-5-14-16-8-9-17(14)13-10-11(4-2)6-7-12(13)15(18)19/h8-9,11-13H,3-7,10H2,1-2H3,(H,18,19). The van der Waals surface area contributed by atoms with Crippen LogP contribution in [0.4, 0.5) is 0 Å². The minimum Gasteiger partial charge on any atom is -0.481 e. The zero-order chi connectivity index (χ0) is 13.8. The number of carboxylic acids is 1. The quantitative estimate of drug-likeness (QED) is 0.887. The van der Waals surface area contributed by atoms with Crippen LogP contribution >= 0.6 is 0 Å². The summed E-state index contributed by atoms with van der Waals surface area (Å²) in [5.41, 5.74) is 0. The molecule has 1 aromatic rings. The van der Waals surface area contributed by atoms with Crippen molar-refractivity contribution in [2.75, 3.05) is 0 Å². The van der Waals surface area contributed by atoms with Gasteiger partial charge < -0.3 is 9.67 Å². The number of carbonyl (C=O) groups is 1. The van der Waals surface area contributed by atoms with E-state index in [1.165, 1.54) is 0 Å². The normalized spacial score (nSPS) is 27.4. The van der Waals surface area contributed by atoms with Gasteiger partial charge in [0.05, 0.1) is 5.92 Å². The first-order chi connectivity index (χ1) is 9.17. The maximum absolute atomic E-state index is 11.5. The fraction of sp³-hybridized carbons (Fsp3) is 0.733. The van der Waals surface area contributed by atoms with Gasteiger partial charge in [-0.25, -0.2) is 4.98 Å². The number of carboxylic acid groups (broad SMARTS) is 1. The second-order valence-corrected chi connectivity index (χ2v) is 5.60. The van der Waals surface area contributed by atoms with Crippen LogP contribution in [-0.2, 0) is 11.2 Å². The van der Waals surface area contributed by atoms with Crippen LogP contribution in [0.25, 0.3) is 0 Å². The molecule has 4 nitrogen and oxygen atoms in total. The van der Waals surface area contributed by atoms with Crippen LogP contribution in [0.5, 0.6) is 0 Å². The Hall–Kier alpha value is -1.32. The van der Waals surface area contributed by atoms with Crippen LogP contribution in [-0.4, -0.2) is 20.6 Å². The molecule has 3 atom stereocenters. The fourth-order valence-electron chi connectivity index (χ4n) is 3.26. The topological polar surface area (TPSA) is 55.1 Å². The number of aliphatic carboxylic acids is 1. The average Bonchev–Trinajstić information content (AvgIpc) is 2.86. The molecule has 1 N–H and O–H groups in total. The molecule has 0 spiro atoms. The third-order valence-corrected chi connectivity index (χ3v) is 4.40. The van der Waals surface area contributed by atoms with Gasteiger partial charge in [0.25, 0.3) is 0 Å². The molecule has 2 rings (SSSR count). The minimum absolute atomic E-state index is 0.0836. The van der Waals surface area contributed by atoms with E-state index in [4.69, 9.17) is 0 Å². The first-order valence-electron chi connectivity index (χ1n) is 7.41. The minimum atomic E-state index is -0.657. The van der Waals surface area contributed by atoms with E-state index in [1.807, 2.05) is 6.20 Å². The van der Waals surface area contributed by atoms with E-state index in [0.29, 0.717) is 5.92 Å². The van der Waals surface area contributed by atoms with Gasteiger partial charge in [0.2, 0.25) is 0 Å². The lowest BCUT2D eigenvalue weighted by molar-refractivity contribution is -0.145. The lowest BCUT2D eigenvalue weighted by atomic mass is 9.77. The van der Waals surface area contributed by atoms with Crippen molar-refractivity contribution >= 4 is 5.97 Å². The predicted octanol–water partition coefficient (Wildman–Crippen LogP) is 3.29. The van der Waals surface area contributed by atoms with Crippen molar-refractivity contribution in [3.63, 3.8) is 0 Å². The van der Waals surface area contributed by atoms with Crippen molar-refractivity contribution in [2.45, 2.75) is 58.4 Å². The summed E-state index contributed by atoms with van der Waals surface area (Å²) in [6.07, 6.45) is 9.68. The largest absolute Gasteiger partial charge is 0.481 e. The highest BCUT2D eigenvalue weighted by Gasteiger charge is 2.36. The van der Waals surface area contributed by atoms with E-state index in [-0.39, 0.29) is 12.0 Å². The van der Waals surface area contributed by atoms with Crippen molar-refractivity contribution in [1.82, 2.24) is 9.55 Å². The van der Waals surface area contributed by atoms with Gasteiger partial charge in [-0.15, -0.1) is 0 Å². The molecule has 0 bridgehead atoms. The number of aryl methyl sites for hydroxylation is 1. The summed E-state index contributed by atoms with van der Waals surface area (Å²) in [7, 11) is 0. The molecule has 1 aromatic heterocycles. The van der Waals surface area contributed by atoms with E-state index >= 15 is 0 Å². The molecule has 1 aliphatic carbocycles. The zero-order valence-electron chi connectivity index (χ0n) is 11.9. The average molecular weight is 264 g/mol. The Bertz CT molecular complexity index is 428. The van der Waals surface area contributed by atoms with Gasteiger partial charge in [0.15, 0.2) is 0 Å². The van der Waals surface area contributed by atoms with Crippen molar-refractivity contribution in [1.29, 1.82) is 0 Å². The first-order valence-corrected chi connectivity index (χ1v) is 7.41. The van der Waals surface area contributed by atoms with Crippen LogP contribution in [0.1, 0.15) is 57.8 Å². The summed E-state index contributed by atoms with van der Waals surface area (Å²) in [5.74, 6) is 0.774. The molecular weight excluding hydrogens is 240 g/mol. The molecule has 19 heavy (non-hydrogen) atoms.